The second-order valence-electron chi connectivity index (χ2n) is 5.10. The zero-order valence-corrected chi connectivity index (χ0v) is 14.2. The molecule has 128 valence electrons. The van der Waals surface area contributed by atoms with Gasteiger partial charge in [0, 0.05) is 16.7 Å². The fourth-order valence-electron chi connectivity index (χ4n) is 2.29. The number of benzene rings is 2. The molecule has 0 fully saturated rings. The van der Waals surface area contributed by atoms with E-state index in [2.05, 4.69) is 4.98 Å². The van der Waals surface area contributed by atoms with Crippen molar-refractivity contribution in [2.45, 2.75) is 0 Å². The van der Waals surface area contributed by atoms with E-state index in [1.807, 2.05) is 0 Å². The van der Waals surface area contributed by atoms with Gasteiger partial charge in [-0.25, -0.2) is 9.78 Å². The number of aromatic nitrogens is 1. The van der Waals surface area contributed by atoms with Crippen molar-refractivity contribution in [3.63, 3.8) is 0 Å². The first-order valence-electron chi connectivity index (χ1n) is 7.25. The molecule has 0 bridgehead atoms. The molecule has 0 unspecified atom stereocenters. The third-order valence-corrected chi connectivity index (χ3v) is 3.76. The molecular weight excluding hydrogens is 346 g/mol. The van der Waals surface area contributed by atoms with Gasteiger partial charge in [0.1, 0.15) is 11.3 Å². The molecule has 7 heteroatoms. The molecule has 3 aromatic rings. The van der Waals surface area contributed by atoms with Gasteiger partial charge in [-0.3, -0.25) is 0 Å². The molecule has 0 saturated heterocycles. The average Bonchev–Trinajstić information content (AvgIpc) is 2.62. The highest BCUT2D eigenvalue weighted by Crippen LogP contribution is 2.30. The summed E-state index contributed by atoms with van der Waals surface area (Å²) in [5.74, 6) is 0.810. The minimum atomic E-state index is -0.665. The van der Waals surface area contributed by atoms with E-state index >= 15 is 0 Å². The number of rotatable bonds is 4. The maximum atomic E-state index is 12.0. The number of hydrogen-bond acceptors (Lipinski definition) is 6. The summed E-state index contributed by atoms with van der Waals surface area (Å²) in [5.41, 5.74) is 0.463. The molecule has 1 aromatic heterocycles. The molecule has 1 N–H and O–H groups in total. The van der Waals surface area contributed by atoms with Crippen molar-refractivity contribution < 1.29 is 19.0 Å². The number of ether oxygens (including phenoxy) is 2. The topological polar surface area (TPSA) is 81.8 Å². The first-order valence-corrected chi connectivity index (χ1v) is 7.63. The third-order valence-electron chi connectivity index (χ3n) is 3.53. The van der Waals surface area contributed by atoms with Gasteiger partial charge in [-0.05, 0) is 36.4 Å². The van der Waals surface area contributed by atoms with Crippen LogP contribution in [-0.4, -0.2) is 24.3 Å². The van der Waals surface area contributed by atoms with Crippen molar-refractivity contribution in [3.05, 3.63) is 63.1 Å². The van der Waals surface area contributed by atoms with Gasteiger partial charge in [-0.1, -0.05) is 11.6 Å². The van der Waals surface area contributed by atoms with Gasteiger partial charge in [-0.15, -0.1) is 0 Å². The van der Waals surface area contributed by atoms with Crippen molar-refractivity contribution in [1.82, 2.24) is 4.98 Å². The summed E-state index contributed by atoms with van der Waals surface area (Å²) >= 11 is 5.92. The van der Waals surface area contributed by atoms with Crippen LogP contribution in [0.15, 0.2) is 45.6 Å². The van der Waals surface area contributed by atoms with E-state index in [1.165, 1.54) is 20.3 Å². The predicted octanol–water partition coefficient (Wildman–Crippen LogP) is 3.91. The zero-order chi connectivity index (χ0) is 18.0. The Morgan fingerprint density at radius 1 is 1.16 bits per heavy atom. The second kappa shape index (κ2) is 6.86. The van der Waals surface area contributed by atoms with Crippen LogP contribution in [0, 0.1) is 0 Å². The molecule has 0 aliphatic rings. The van der Waals surface area contributed by atoms with Crippen LogP contribution in [0.5, 0.6) is 11.5 Å². The normalized spacial score (nSPS) is 11.6. The van der Waals surface area contributed by atoms with Gasteiger partial charge >= 0.3 is 5.63 Å². The molecule has 0 atom stereocenters. The van der Waals surface area contributed by atoms with Crippen molar-refractivity contribution in [1.29, 1.82) is 0 Å². The summed E-state index contributed by atoms with van der Waals surface area (Å²) in [6.45, 7) is 0. The average molecular weight is 360 g/mol. The number of aliphatic hydroxyl groups excluding tert-OH is 1. The molecular formula is C18H14ClNO5. The first kappa shape index (κ1) is 16.9. The van der Waals surface area contributed by atoms with Gasteiger partial charge in [0.25, 0.3) is 0 Å². The minimum Gasteiger partial charge on any atom is -0.507 e. The second-order valence-corrected chi connectivity index (χ2v) is 5.53. The van der Waals surface area contributed by atoms with Crippen LogP contribution in [-0.2, 0) is 0 Å². The fraction of sp³-hybridized carbons (Fsp3) is 0.111. The lowest BCUT2D eigenvalue weighted by molar-refractivity contribution is 0.354. The van der Waals surface area contributed by atoms with E-state index in [4.69, 9.17) is 25.5 Å². The Hall–Kier alpha value is -2.99. The largest absolute Gasteiger partial charge is 0.507 e. The number of fused-ring (bicyclic) bond motifs is 1. The minimum absolute atomic E-state index is 0.0398. The molecule has 2 aromatic carbocycles. The number of methoxy groups -OCH3 is 2. The first-order chi connectivity index (χ1) is 12.0. The summed E-state index contributed by atoms with van der Waals surface area (Å²) in [6.07, 6.45) is 1.23. The van der Waals surface area contributed by atoms with Crippen LogP contribution in [0.1, 0.15) is 11.3 Å². The van der Waals surface area contributed by atoms with Crippen LogP contribution in [0.4, 0.5) is 0 Å². The van der Waals surface area contributed by atoms with Crippen LogP contribution >= 0.6 is 11.6 Å². The van der Waals surface area contributed by atoms with E-state index in [1.54, 1.807) is 36.4 Å². The Labute approximate surface area is 147 Å². The standard InChI is InChI=1S/C18H14ClNO5/c1-23-16-5-3-10(7-17(16)24-2)14(21)9-13-18(22)25-15-6-4-11(19)8-12(15)20-13/h3-9,21H,1-2H3/b14-9-. The van der Waals surface area contributed by atoms with Crippen molar-refractivity contribution in [2.75, 3.05) is 14.2 Å². The van der Waals surface area contributed by atoms with Gasteiger partial charge in [0.05, 0.1) is 14.2 Å². The lowest BCUT2D eigenvalue weighted by atomic mass is 10.1. The van der Waals surface area contributed by atoms with Crippen LogP contribution in [0.2, 0.25) is 5.02 Å². The fourth-order valence-corrected chi connectivity index (χ4v) is 2.46. The predicted molar refractivity (Wildman–Crippen MR) is 95.3 cm³/mol. The molecule has 0 saturated carbocycles. The van der Waals surface area contributed by atoms with Gasteiger partial charge in [-0.2, -0.15) is 0 Å². The van der Waals surface area contributed by atoms with Crippen molar-refractivity contribution in [2.24, 2.45) is 0 Å². The lowest BCUT2D eigenvalue weighted by Crippen LogP contribution is -2.06. The molecule has 6 nitrogen and oxygen atoms in total. The van der Waals surface area contributed by atoms with Crippen LogP contribution < -0.4 is 15.1 Å². The Balaban J connectivity index is 2.06. The molecule has 0 spiro atoms. The highest BCUT2D eigenvalue weighted by Gasteiger charge is 2.10. The van der Waals surface area contributed by atoms with Gasteiger partial charge in [0.2, 0.25) is 0 Å². The lowest BCUT2D eigenvalue weighted by Gasteiger charge is -2.09. The summed E-state index contributed by atoms with van der Waals surface area (Å²) in [5, 5.41) is 10.8. The number of halogens is 1. The van der Waals surface area contributed by atoms with E-state index < -0.39 is 5.63 Å². The van der Waals surface area contributed by atoms with E-state index in [0.29, 0.717) is 33.2 Å². The maximum Gasteiger partial charge on any atom is 0.362 e. The number of hydrogen-bond donors (Lipinski definition) is 1. The summed E-state index contributed by atoms with van der Waals surface area (Å²) in [4.78, 5) is 16.2. The van der Waals surface area contributed by atoms with E-state index in [0.717, 1.165) is 0 Å². The van der Waals surface area contributed by atoms with E-state index in [9.17, 15) is 9.90 Å². The van der Waals surface area contributed by atoms with Gasteiger partial charge in [0.15, 0.2) is 22.8 Å². The van der Waals surface area contributed by atoms with Crippen molar-refractivity contribution >= 4 is 34.5 Å². The molecule has 0 radical (unpaired) electrons. The van der Waals surface area contributed by atoms with Crippen LogP contribution in [0.25, 0.3) is 22.9 Å². The smallest absolute Gasteiger partial charge is 0.362 e. The summed E-state index contributed by atoms with van der Waals surface area (Å²) in [7, 11) is 3.01. The Bertz CT molecular complexity index is 1030. The Morgan fingerprint density at radius 3 is 2.64 bits per heavy atom. The SMILES string of the molecule is COc1ccc(/C(O)=C/c2nc3cc(Cl)ccc3oc2=O)cc1OC. The maximum absolute atomic E-state index is 12.0. The van der Waals surface area contributed by atoms with Crippen molar-refractivity contribution in [3.8, 4) is 11.5 Å². The van der Waals surface area contributed by atoms with E-state index in [-0.39, 0.29) is 11.5 Å². The highest BCUT2D eigenvalue weighted by atomic mass is 35.5. The highest BCUT2D eigenvalue weighted by molar-refractivity contribution is 6.31. The number of nitrogens with zero attached hydrogens (tertiary/aromatic N) is 1. The monoisotopic (exact) mass is 359 g/mol. The summed E-state index contributed by atoms with van der Waals surface area (Å²) < 4.78 is 15.5. The Morgan fingerprint density at radius 2 is 1.92 bits per heavy atom. The zero-order valence-electron chi connectivity index (χ0n) is 13.4. The molecule has 0 aliphatic carbocycles. The molecule has 25 heavy (non-hydrogen) atoms. The third kappa shape index (κ3) is 3.44. The van der Waals surface area contributed by atoms with Crippen LogP contribution in [0.3, 0.4) is 0 Å². The van der Waals surface area contributed by atoms with Gasteiger partial charge < -0.3 is 19.0 Å². The quantitative estimate of drug-likeness (QED) is 0.711. The summed E-state index contributed by atoms with van der Waals surface area (Å²) in [6, 6.07) is 9.61. The molecule has 0 amide bonds. The Kier molecular flexibility index (Phi) is 4.63. The number of aliphatic hydroxyl groups is 1. The molecule has 0 aliphatic heterocycles. The molecule has 3 rings (SSSR count). The molecule has 1 heterocycles.